The van der Waals surface area contributed by atoms with Crippen molar-refractivity contribution in [1.29, 1.82) is 0 Å². The van der Waals surface area contributed by atoms with E-state index in [1.165, 1.54) is 29.2 Å². The van der Waals surface area contributed by atoms with Gasteiger partial charge < -0.3 is 14.7 Å². The Bertz CT molecular complexity index is 587. The van der Waals surface area contributed by atoms with Gasteiger partial charge in [-0.1, -0.05) is 12.1 Å². The summed E-state index contributed by atoms with van der Waals surface area (Å²) in [5.74, 6) is -0.474. The third kappa shape index (κ3) is 4.24. The van der Waals surface area contributed by atoms with Crippen molar-refractivity contribution >= 4 is 6.09 Å². The summed E-state index contributed by atoms with van der Waals surface area (Å²) in [5, 5.41) is 9.25. The third-order valence-corrected chi connectivity index (χ3v) is 4.63. The van der Waals surface area contributed by atoms with Crippen LogP contribution in [0.3, 0.4) is 0 Å². The molecule has 1 aromatic rings. The average Bonchev–Trinajstić information content (AvgIpc) is 2.58. The Labute approximate surface area is 145 Å². The molecule has 25 heavy (non-hydrogen) atoms. The predicted molar refractivity (Wildman–Crippen MR) is 86.3 cm³/mol. The molecule has 0 bridgehead atoms. The zero-order valence-corrected chi connectivity index (χ0v) is 14.4. The first kappa shape index (κ1) is 19.5. The van der Waals surface area contributed by atoms with Gasteiger partial charge in [0.2, 0.25) is 6.36 Å². The average molecular weight is 360 g/mol. The highest BCUT2D eigenvalue weighted by molar-refractivity contribution is 5.65. The maximum Gasteiger partial charge on any atom is 0.407 e. The van der Waals surface area contributed by atoms with E-state index in [-0.39, 0.29) is 25.2 Å². The molecular formula is C17H23F3N2O3. The summed E-state index contributed by atoms with van der Waals surface area (Å²) in [6.45, 7) is 3.87. The van der Waals surface area contributed by atoms with Crippen LogP contribution in [0.4, 0.5) is 18.0 Å². The molecule has 1 fully saturated rings. The van der Waals surface area contributed by atoms with Crippen LogP contribution in [0.5, 0.6) is 0 Å². The summed E-state index contributed by atoms with van der Waals surface area (Å²) in [6, 6.07) is 3.47. The standard InChI is InChI=1S/C17H23F3N2O3/c1-10-9-22(17(23)24)11(2)8-21(10)15(14(19)16(20)25-3)12-4-6-13(18)7-5-12/h4-7,10-11,14-16H,8-9H2,1-3H3,(H,23,24)/t10-,11+,14?,15?,16?/m1/s1. The largest absolute Gasteiger partial charge is 0.465 e. The van der Waals surface area contributed by atoms with Crippen LogP contribution in [0.1, 0.15) is 25.5 Å². The molecule has 1 aliphatic rings. The van der Waals surface area contributed by atoms with Crippen LogP contribution in [-0.2, 0) is 4.74 Å². The third-order valence-electron chi connectivity index (χ3n) is 4.63. The van der Waals surface area contributed by atoms with Crippen LogP contribution in [0.25, 0.3) is 0 Å². The number of piperazine rings is 1. The number of ether oxygens (including phenoxy) is 1. The highest BCUT2D eigenvalue weighted by Gasteiger charge is 2.42. The zero-order valence-electron chi connectivity index (χ0n) is 14.4. The lowest BCUT2D eigenvalue weighted by Crippen LogP contribution is -2.60. The van der Waals surface area contributed by atoms with Gasteiger partial charge in [0.05, 0.1) is 6.04 Å². The second-order valence-corrected chi connectivity index (χ2v) is 6.36. The van der Waals surface area contributed by atoms with Gasteiger partial charge in [-0.05, 0) is 31.5 Å². The second kappa shape index (κ2) is 8.05. The molecule has 1 aromatic carbocycles. The minimum Gasteiger partial charge on any atom is -0.465 e. The number of carboxylic acid groups (broad SMARTS) is 1. The van der Waals surface area contributed by atoms with E-state index in [0.29, 0.717) is 5.56 Å². The van der Waals surface area contributed by atoms with E-state index in [2.05, 4.69) is 4.74 Å². The van der Waals surface area contributed by atoms with E-state index in [1.807, 2.05) is 0 Å². The number of hydrogen-bond donors (Lipinski definition) is 1. The molecular weight excluding hydrogens is 337 g/mol. The van der Waals surface area contributed by atoms with Crippen molar-refractivity contribution < 1.29 is 27.8 Å². The smallest absolute Gasteiger partial charge is 0.407 e. The van der Waals surface area contributed by atoms with Gasteiger partial charge in [-0.3, -0.25) is 4.90 Å². The van der Waals surface area contributed by atoms with Gasteiger partial charge in [0.15, 0.2) is 6.17 Å². The van der Waals surface area contributed by atoms with Crippen LogP contribution in [0.2, 0.25) is 0 Å². The van der Waals surface area contributed by atoms with Crippen LogP contribution in [0.15, 0.2) is 24.3 Å². The lowest BCUT2D eigenvalue weighted by molar-refractivity contribution is -0.103. The van der Waals surface area contributed by atoms with E-state index in [1.54, 1.807) is 18.7 Å². The summed E-state index contributed by atoms with van der Waals surface area (Å²) in [4.78, 5) is 14.3. The molecule has 1 amide bonds. The molecule has 1 saturated heterocycles. The van der Waals surface area contributed by atoms with E-state index in [9.17, 15) is 23.1 Å². The molecule has 5 nitrogen and oxygen atoms in total. The number of methoxy groups -OCH3 is 1. The molecule has 1 heterocycles. The van der Waals surface area contributed by atoms with E-state index in [0.717, 1.165) is 7.11 Å². The highest BCUT2D eigenvalue weighted by atomic mass is 19.2. The highest BCUT2D eigenvalue weighted by Crippen LogP contribution is 2.34. The number of benzene rings is 1. The molecule has 0 saturated carbocycles. The Hall–Kier alpha value is -1.80. The quantitative estimate of drug-likeness (QED) is 0.876. The molecule has 0 radical (unpaired) electrons. The molecule has 140 valence electrons. The van der Waals surface area contributed by atoms with Gasteiger partial charge >= 0.3 is 6.09 Å². The zero-order chi connectivity index (χ0) is 18.7. The Kier molecular flexibility index (Phi) is 6.29. The van der Waals surface area contributed by atoms with Gasteiger partial charge in [0, 0.05) is 32.3 Å². The number of halogens is 3. The van der Waals surface area contributed by atoms with Gasteiger partial charge in [0.25, 0.3) is 0 Å². The Balaban J connectivity index is 2.34. The SMILES string of the molecule is COC(F)C(F)C(c1ccc(F)cc1)N1C[C@H](C)N(C(=O)O)C[C@H]1C. The van der Waals surface area contributed by atoms with Crippen molar-refractivity contribution in [2.24, 2.45) is 0 Å². The maximum atomic E-state index is 14.8. The minimum atomic E-state index is -2.14. The van der Waals surface area contributed by atoms with Gasteiger partial charge in [-0.2, -0.15) is 0 Å². The summed E-state index contributed by atoms with van der Waals surface area (Å²) >= 11 is 0. The fraction of sp³-hybridized carbons (Fsp3) is 0.588. The number of alkyl halides is 2. The summed E-state index contributed by atoms with van der Waals surface area (Å²) < 4.78 is 46.5. The van der Waals surface area contributed by atoms with Crippen molar-refractivity contribution in [3.05, 3.63) is 35.6 Å². The molecule has 5 atom stereocenters. The van der Waals surface area contributed by atoms with Gasteiger partial charge in [-0.15, -0.1) is 0 Å². The van der Waals surface area contributed by atoms with Crippen LogP contribution in [-0.4, -0.2) is 65.8 Å². The summed E-state index contributed by atoms with van der Waals surface area (Å²) in [6.07, 6.45) is -5.19. The fourth-order valence-electron chi connectivity index (χ4n) is 3.30. The van der Waals surface area contributed by atoms with Crippen LogP contribution in [0, 0.1) is 5.82 Å². The number of rotatable bonds is 5. The van der Waals surface area contributed by atoms with E-state index in [4.69, 9.17) is 0 Å². The molecule has 0 spiro atoms. The van der Waals surface area contributed by atoms with Crippen LogP contribution >= 0.6 is 0 Å². The first-order valence-electron chi connectivity index (χ1n) is 8.08. The number of nitrogens with zero attached hydrogens (tertiary/aromatic N) is 2. The van der Waals surface area contributed by atoms with E-state index < -0.39 is 30.5 Å². The van der Waals surface area contributed by atoms with Crippen molar-refractivity contribution in [1.82, 2.24) is 9.80 Å². The minimum absolute atomic E-state index is 0.171. The first-order valence-corrected chi connectivity index (χ1v) is 8.08. The van der Waals surface area contributed by atoms with Gasteiger partial charge in [0.1, 0.15) is 5.82 Å². The maximum absolute atomic E-state index is 14.8. The number of amides is 1. The van der Waals surface area contributed by atoms with Crippen molar-refractivity contribution in [2.75, 3.05) is 20.2 Å². The summed E-state index contributed by atoms with van der Waals surface area (Å²) in [7, 11) is 1.08. The summed E-state index contributed by atoms with van der Waals surface area (Å²) in [5.41, 5.74) is 0.413. The Morgan fingerprint density at radius 2 is 1.80 bits per heavy atom. The monoisotopic (exact) mass is 360 g/mol. The Morgan fingerprint density at radius 3 is 2.32 bits per heavy atom. The number of hydrogen-bond acceptors (Lipinski definition) is 3. The molecule has 2 rings (SSSR count). The molecule has 0 aromatic heterocycles. The lowest BCUT2D eigenvalue weighted by Gasteiger charge is -2.47. The fourth-order valence-corrected chi connectivity index (χ4v) is 3.30. The van der Waals surface area contributed by atoms with Crippen molar-refractivity contribution in [3.63, 3.8) is 0 Å². The predicted octanol–water partition coefficient (Wildman–Crippen LogP) is 3.22. The molecule has 8 heteroatoms. The second-order valence-electron chi connectivity index (χ2n) is 6.36. The van der Waals surface area contributed by atoms with Gasteiger partial charge in [-0.25, -0.2) is 18.0 Å². The Morgan fingerprint density at radius 1 is 1.20 bits per heavy atom. The van der Waals surface area contributed by atoms with Crippen molar-refractivity contribution in [3.8, 4) is 0 Å². The van der Waals surface area contributed by atoms with E-state index >= 15 is 0 Å². The normalized spacial score (nSPS) is 25.4. The lowest BCUT2D eigenvalue weighted by atomic mass is 9.96. The van der Waals surface area contributed by atoms with Crippen molar-refractivity contribution in [2.45, 2.75) is 44.5 Å². The molecule has 1 N–H and O–H groups in total. The first-order chi connectivity index (χ1) is 11.8. The molecule has 1 aliphatic heterocycles. The van der Waals surface area contributed by atoms with Crippen LogP contribution < -0.4 is 0 Å². The number of carbonyl (C=O) groups is 1. The topological polar surface area (TPSA) is 53.0 Å². The molecule has 0 aliphatic carbocycles. The molecule has 3 unspecified atom stereocenters.